The summed E-state index contributed by atoms with van der Waals surface area (Å²) < 4.78 is 0. The smallest absolute Gasteiger partial charge is 0.0189 e. The Morgan fingerprint density at radius 1 is 1.19 bits per heavy atom. The topological polar surface area (TPSA) is 6.48 Å². The Hall–Kier alpha value is -0.500. The fraction of sp³-hybridized carbons (Fsp3) is 0.857. The summed E-state index contributed by atoms with van der Waals surface area (Å²) in [5, 5.41) is 0. The first-order valence-electron chi connectivity index (χ1n) is 6.83. The van der Waals surface area contributed by atoms with Crippen LogP contribution in [-0.2, 0) is 0 Å². The number of hydrogen-bond donors (Lipinski definition) is 0. The van der Waals surface area contributed by atoms with Crippen LogP contribution in [-0.4, -0.2) is 42.0 Å². The number of rotatable bonds is 6. The molecule has 1 aliphatic heterocycles. The molecule has 0 aromatic carbocycles. The third-order valence-corrected chi connectivity index (χ3v) is 3.54. The predicted molar refractivity (Wildman–Crippen MR) is 71.6 cm³/mol. The van der Waals surface area contributed by atoms with E-state index in [1.54, 1.807) is 0 Å². The van der Waals surface area contributed by atoms with Crippen molar-refractivity contribution >= 4 is 0 Å². The lowest BCUT2D eigenvalue weighted by Gasteiger charge is -2.39. The average Bonchev–Trinajstić information content (AvgIpc) is 2.29. The minimum atomic E-state index is 0.815. The van der Waals surface area contributed by atoms with E-state index in [1.807, 2.05) is 0 Å². The van der Waals surface area contributed by atoms with Crippen LogP contribution in [0.4, 0.5) is 0 Å². The molecule has 0 saturated carbocycles. The fourth-order valence-electron chi connectivity index (χ4n) is 2.66. The van der Waals surface area contributed by atoms with Gasteiger partial charge in [-0.3, -0.25) is 0 Å². The molecule has 0 N–H and O–H groups in total. The van der Waals surface area contributed by atoms with Crippen LogP contribution in [0.1, 0.15) is 46.5 Å². The SMILES string of the molecule is C=C(C)N1CCC(N(CCC)CCC)CC1. The van der Waals surface area contributed by atoms with E-state index in [4.69, 9.17) is 0 Å². The quantitative estimate of drug-likeness (QED) is 0.684. The van der Waals surface area contributed by atoms with Gasteiger partial charge in [0.25, 0.3) is 0 Å². The maximum Gasteiger partial charge on any atom is 0.0189 e. The highest BCUT2D eigenvalue weighted by molar-refractivity contribution is 4.92. The first-order valence-corrected chi connectivity index (χ1v) is 6.83. The van der Waals surface area contributed by atoms with Gasteiger partial charge in [0.2, 0.25) is 0 Å². The molecule has 2 heteroatoms. The van der Waals surface area contributed by atoms with Crippen molar-refractivity contribution in [2.75, 3.05) is 26.2 Å². The molecule has 1 fully saturated rings. The number of allylic oxidation sites excluding steroid dienone is 1. The Bertz CT molecular complexity index is 199. The molecule has 2 nitrogen and oxygen atoms in total. The van der Waals surface area contributed by atoms with E-state index in [2.05, 4.69) is 37.1 Å². The van der Waals surface area contributed by atoms with E-state index in [1.165, 1.54) is 57.6 Å². The van der Waals surface area contributed by atoms with Crippen molar-refractivity contribution in [1.29, 1.82) is 0 Å². The zero-order valence-corrected chi connectivity index (χ0v) is 11.3. The van der Waals surface area contributed by atoms with Crippen LogP contribution in [0.2, 0.25) is 0 Å². The lowest BCUT2D eigenvalue weighted by atomic mass is 10.0. The van der Waals surface area contributed by atoms with Crippen LogP contribution in [0, 0.1) is 0 Å². The van der Waals surface area contributed by atoms with E-state index in [0.717, 1.165) is 6.04 Å². The lowest BCUT2D eigenvalue weighted by Crippen LogP contribution is -2.44. The minimum absolute atomic E-state index is 0.815. The van der Waals surface area contributed by atoms with Gasteiger partial charge in [0, 0.05) is 24.8 Å². The molecule has 0 aromatic rings. The molecule has 94 valence electrons. The summed E-state index contributed by atoms with van der Waals surface area (Å²) in [5.41, 5.74) is 1.23. The van der Waals surface area contributed by atoms with E-state index >= 15 is 0 Å². The molecule has 0 aromatic heterocycles. The Morgan fingerprint density at radius 2 is 1.69 bits per heavy atom. The summed E-state index contributed by atoms with van der Waals surface area (Å²) in [7, 11) is 0. The monoisotopic (exact) mass is 224 g/mol. The Labute approximate surface area is 101 Å². The normalized spacial score (nSPS) is 18.1. The van der Waals surface area contributed by atoms with E-state index in [-0.39, 0.29) is 0 Å². The van der Waals surface area contributed by atoms with Gasteiger partial charge in [0.05, 0.1) is 0 Å². The molecule has 0 bridgehead atoms. The third kappa shape index (κ3) is 3.82. The Balaban J connectivity index is 2.40. The van der Waals surface area contributed by atoms with Gasteiger partial charge in [-0.15, -0.1) is 0 Å². The van der Waals surface area contributed by atoms with Crippen molar-refractivity contribution < 1.29 is 0 Å². The molecule has 0 atom stereocenters. The molecule has 1 aliphatic rings. The minimum Gasteiger partial charge on any atom is -0.375 e. The highest BCUT2D eigenvalue weighted by Gasteiger charge is 2.23. The summed E-state index contributed by atoms with van der Waals surface area (Å²) >= 11 is 0. The maximum absolute atomic E-state index is 4.03. The second-order valence-corrected chi connectivity index (χ2v) is 4.99. The number of nitrogens with zero attached hydrogens (tertiary/aromatic N) is 2. The highest BCUT2D eigenvalue weighted by atomic mass is 15.2. The predicted octanol–water partition coefficient (Wildman–Crippen LogP) is 3.11. The highest BCUT2D eigenvalue weighted by Crippen LogP contribution is 2.19. The molecule has 1 saturated heterocycles. The average molecular weight is 224 g/mol. The molecule has 16 heavy (non-hydrogen) atoms. The standard InChI is InChI=1S/C14H28N2/c1-5-9-16(10-6-2)14-7-11-15(12-8-14)13(3)4/h14H,3,5-12H2,1-2,4H3. The van der Waals surface area contributed by atoms with Gasteiger partial charge in [-0.1, -0.05) is 20.4 Å². The molecule has 1 heterocycles. The summed E-state index contributed by atoms with van der Waals surface area (Å²) in [4.78, 5) is 5.11. The summed E-state index contributed by atoms with van der Waals surface area (Å²) in [6.45, 7) is 15.7. The van der Waals surface area contributed by atoms with Crippen LogP contribution in [0.5, 0.6) is 0 Å². The van der Waals surface area contributed by atoms with Gasteiger partial charge >= 0.3 is 0 Å². The Morgan fingerprint density at radius 3 is 2.06 bits per heavy atom. The van der Waals surface area contributed by atoms with E-state index in [9.17, 15) is 0 Å². The maximum atomic E-state index is 4.03. The van der Waals surface area contributed by atoms with Crippen molar-refractivity contribution in [3.8, 4) is 0 Å². The summed E-state index contributed by atoms with van der Waals surface area (Å²) in [6, 6.07) is 0.815. The van der Waals surface area contributed by atoms with Gasteiger partial charge < -0.3 is 9.80 Å². The van der Waals surface area contributed by atoms with Gasteiger partial charge in [0.15, 0.2) is 0 Å². The van der Waals surface area contributed by atoms with Crippen LogP contribution in [0.25, 0.3) is 0 Å². The zero-order chi connectivity index (χ0) is 12.0. The number of likely N-dealkylation sites (tertiary alicyclic amines) is 1. The van der Waals surface area contributed by atoms with Crippen molar-refractivity contribution in [3.63, 3.8) is 0 Å². The van der Waals surface area contributed by atoms with Crippen molar-refractivity contribution in [2.45, 2.75) is 52.5 Å². The van der Waals surface area contributed by atoms with Crippen molar-refractivity contribution in [2.24, 2.45) is 0 Å². The first-order chi connectivity index (χ1) is 7.69. The van der Waals surface area contributed by atoms with Crippen LogP contribution >= 0.6 is 0 Å². The first kappa shape index (κ1) is 13.6. The molecule has 0 radical (unpaired) electrons. The molecule has 0 spiro atoms. The second kappa shape index (κ2) is 6.95. The van der Waals surface area contributed by atoms with Gasteiger partial charge in [-0.2, -0.15) is 0 Å². The van der Waals surface area contributed by atoms with Gasteiger partial charge in [-0.25, -0.2) is 0 Å². The zero-order valence-electron chi connectivity index (χ0n) is 11.3. The summed E-state index contributed by atoms with van der Waals surface area (Å²) in [6.07, 6.45) is 5.18. The second-order valence-electron chi connectivity index (χ2n) is 4.99. The van der Waals surface area contributed by atoms with Crippen molar-refractivity contribution in [1.82, 2.24) is 9.80 Å². The number of hydrogen-bond acceptors (Lipinski definition) is 2. The number of piperidine rings is 1. The lowest BCUT2D eigenvalue weighted by molar-refractivity contribution is 0.124. The van der Waals surface area contributed by atoms with E-state index in [0.29, 0.717) is 0 Å². The van der Waals surface area contributed by atoms with Crippen molar-refractivity contribution in [3.05, 3.63) is 12.3 Å². The molecular formula is C14H28N2. The molecule has 1 rings (SSSR count). The van der Waals surface area contributed by atoms with Crippen LogP contribution in [0.3, 0.4) is 0 Å². The third-order valence-electron chi connectivity index (χ3n) is 3.54. The largest absolute Gasteiger partial charge is 0.375 e. The molecule has 0 amide bonds. The molecule has 0 aliphatic carbocycles. The van der Waals surface area contributed by atoms with Crippen LogP contribution < -0.4 is 0 Å². The van der Waals surface area contributed by atoms with E-state index < -0.39 is 0 Å². The van der Waals surface area contributed by atoms with Gasteiger partial charge in [0.1, 0.15) is 0 Å². The molecular weight excluding hydrogens is 196 g/mol. The van der Waals surface area contributed by atoms with Gasteiger partial charge in [-0.05, 0) is 45.7 Å². The Kier molecular flexibility index (Phi) is 5.89. The fourth-order valence-corrected chi connectivity index (χ4v) is 2.66. The van der Waals surface area contributed by atoms with Crippen LogP contribution in [0.15, 0.2) is 12.3 Å². The molecule has 0 unspecified atom stereocenters. The summed E-state index contributed by atoms with van der Waals surface area (Å²) in [5.74, 6) is 0.